The van der Waals surface area contributed by atoms with Crippen LogP contribution in [-0.4, -0.2) is 16.0 Å². The maximum Gasteiger partial charge on any atom is 0.325 e. The van der Waals surface area contributed by atoms with Crippen LogP contribution < -0.4 is 10.6 Å². The standard InChI is InChI=1S/C12H12N4OS/c13-11(17)16(9-3-5-14-6-4-9)12-15-7-10(18-12)8-1-2-8/h3-8H,1-2H2,(H2,13,17). The van der Waals surface area contributed by atoms with Gasteiger partial charge in [-0.15, -0.1) is 11.3 Å². The Morgan fingerprint density at radius 1 is 1.39 bits per heavy atom. The van der Waals surface area contributed by atoms with E-state index in [1.165, 1.54) is 34.0 Å². The molecule has 0 spiro atoms. The fraction of sp³-hybridized carbons (Fsp3) is 0.250. The molecule has 0 unspecified atom stereocenters. The lowest BCUT2D eigenvalue weighted by molar-refractivity contribution is 0.256. The molecule has 1 aliphatic rings. The first kappa shape index (κ1) is 11.2. The number of hydrogen-bond acceptors (Lipinski definition) is 4. The Bertz CT molecular complexity index is 564. The van der Waals surface area contributed by atoms with E-state index in [9.17, 15) is 4.79 Å². The molecule has 2 aromatic rings. The minimum absolute atomic E-state index is 0.530. The molecule has 3 rings (SSSR count). The predicted molar refractivity (Wildman–Crippen MR) is 70.0 cm³/mol. The summed E-state index contributed by atoms with van der Waals surface area (Å²) in [4.78, 5) is 22.5. The highest BCUT2D eigenvalue weighted by Gasteiger charge is 2.27. The van der Waals surface area contributed by atoms with E-state index < -0.39 is 6.03 Å². The van der Waals surface area contributed by atoms with Gasteiger partial charge in [-0.1, -0.05) is 0 Å². The van der Waals surface area contributed by atoms with Crippen LogP contribution in [0.4, 0.5) is 15.6 Å². The lowest BCUT2D eigenvalue weighted by Gasteiger charge is -2.16. The van der Waals surface area contributed by atoms with Gasteiger partial charge in [0.25, 0.3) is 0 Å². The van der Waals surface area contributed by atoms with Gasteiger partial charge in [-0.25, -0.2) is 14.7 Å². The Hall–Kier alpha value is -1.95. The maximum absolute atomic E-state index is 11.6. The third-order valence-electron chi connectivity index (χ3n) is 2.82. The lowest BCUT2D eigenvalue weighted by atomic mass is 10.4. The first-order chi connectivity index (χ1) is 8.75. The molecule has 1 fully saturated rings. The number of carbonyl (C=O) groups excluding carboxylic acids is 1. The van der Waals surface area contributed by atoms with E-state index in [4.69, 9.17) is 5.73 Å². The van der Waals surface area contributed by atoms with Crippen LogP contribution in [0, 0.1) is 0 Å². The number of rotatable bonds is 3. The van der Waals surface area contributed by atoms with Crippen molar-refractivity contribution in [2.24, 2.45) is 5.73 Å². The van der Waals surface area contributed by atoms with E-state index in [0.29, 0.717) is 16.7 Å². The molecule has 0 bridgehead atoms. The van der Waals surface area contributed by atoms with Crippen LogP contribution in [0.5, 0.6) is 0 Å². The highest BCUT2D eigenvalue weighted by atomic mass is 32.1. The number of urea groups is 1. The van der Waals surface area contributed by atoms with Gasteiger partial charge in [0.1, 0.15) is 0 Å². The second kappa shape index (κ2) is 4.38. The van der Waals surface area contributed by atoms with E-state index >= 15 is 0 Å². The van der Waals surface area contributed by atoms with E-state index in [2.05, 4.69) is 9.97 Å². The fourth-order valence-electron chi connectivity index (χ4n) is 1.76. The molecule has 0 saturated heterocycles. The van der Waals surface area contributed by atoms with Crippen molar-refractivity contribution in [2.75, 3.05) is 4.90 Å². The molecule has 2 aromatic heterocycles. The number of hydrogen-bond donors (Lipinski definition) is 1. The van der Waals surface area contributed by atoms with Crippen LogP contribution in [0.3, 0.4) is 0 Å². The van der Waals surface area contributed by atoms with E-state index in [-0.39, 0.29) is 0 Å². The van der Waals surface area contributed by atoms with E-state index in [1.54, 1.807) is 24.5 Å². The Labute approximate surface area is 108 Å². The van der Waals surface area contributed by atoms with E-state index in [1.807, 2.05) is 6.20 Å². The van der Waals surface area contributed by atoms with Gasteiger partial charge in [0.2, 0.25) is 0 Å². The predicted octanol–water partition coefficient (Wildman–Crippen LogP) is 2.63. The molecule has 0 aliphatic heterocycles. The second-order valence-electron chi connectivity index (χ2n) is 4.20. The van der Waals surface area contributed by atoms with Gasteiger partial charge in [0.15, 0.2) is 5.13 Å². The molecule has 0 radical (unpaired) electrons. The van der Waals surface area contributed by atoms with Gasteiger partial charge in [-0.05, 0) is 30.9 Å². The number of aromatic nitrogens is 2. The highest BCUT2D eigenvalue weighted by molar-refractivity contribution is 7.16. The topological polar surface area (TPSA) is 72.1 Å². The SMILES string of the molecule is NC(=O)N(c1ccncc1)c1ncc(C2CC2)s1. The molecule has 5 nitrogen and oxygen atoms in total. The van der Waals surface area contributed by atoms with Gasteiger partial charge in [0, 0.05) is 23.5 Å². The first-order valence-corrected chi connectivity index (χ1v) is 6.52. The average Bonchev–Trinajstić information content (AvgIpc) is 3.11. The summed E-state index contributed by atoms with van der Waals surface area (Å²) in [6.45, 7) is 0. The smallest absolute Gasteiger partial charge is 0.325 e. The fourth-order valence-corrected chi connectivity index (χ4v) is 2.87. The summed E-state index contributed by atoms with van der Waals surface area (Å²) < 4.78 is 0. The summed E-state index contributed by atoms with van der Waals surface area (Å²) in [6.07, 6.45) is 7.52. The number of primary amides is 1. The molecule has 2 amide bonds. The number of thiazole rings is 1. The number of amides is 2. The molecule has 6 heteroatoms. The molecule has 1 aliphatic carbocycles. The molecule has 92 valence electrons. The maximum atomic E-state index is 11.6. The van der Waals surface area contributed by atoms with Crippen molar-refractivity contribution >= 4 is 28.2 Å². The molecular weight excluding hydrogens is 248 g/mol. The van der Waals surface area contributed by atoms with Crippen molar-refractivity contribution in [3.05, 3.63) is 35.6 Å². The Kier molecular flexibility index (Phi) is 2.71. The number of nitrogens with two attached hydrogens (primary N) is 1. The number of pyridine rings is 1. The van der Waals surface area contributed by atoms with E-state index in [0.717, 1.165) is 0 Å². The van der Waals surface area contributed by atoms with Gasteiger partial charge in [-0.3, -0.25) is 4.98 Å². The molecular formula is C12H12N4OS. The average molecular weight is 260 g/mol. The van der Waals surface area contributed by atoms with Gasteiger partial charge >= 0.3 is 6.03 Å². The normalized spacial score (nSPS) is 14.4. The zero-order valence-corrected chi connectivity index (χ0v) is 10.4. The van der Waals surface area contributed by atoms with Crippen LogP contribution in [-0.2, 0) is 0 Å². The van der Waals surface area contributed by atoms with Crippen LogP contribution in [0.1, 0.15) is 23.6 Å². The summed E-state index contributed by atoms with van der Waals surface area (Å²) in [6, 6.07) is 2.95. The number of nitrogens with zero attached hydrogens (tertiary/aromatic N) is 3. The molecule has 0 atom stereocenters. The second-order valence-corrected chi connectivity index (χ2v) is 5.24. The monoisotopic (exact) mass is 260 g/mol. The summed E-state index contributed by atoms with van der Waals surface area (Å²) in [5, 5.41) is 0.621. The Morgan fingerprint density at radius 3 is 2.72 bits per heavy atom. The Morgan fingerprint density at radius 2 is 2.11 bits per heavy atom. The third kappa shape index (κ3) is 2.06. The molecule has 2 heterocycles. The largest absolute Gasteiger partial charge is 0.351 e. The summed E-state index contributed by atoms with van der Waals surface area (Å²) in [5.41, 5.74) is 6.12. The number of carbonyl (C=O) groups is 1. The van der Waals surface area contributed by atoms with Crippen LogP contribution >= 0.6 is 11.3 Å². The van der Waals surface area contributed by atoms with Crippen molar-refractivity contribution in [1.82, 2.24) is 9.97 Å². The zero-order chi connectivity index (χ0) is 12.5. The van der Waals surface area contributed by atoms with Crippen LogP contribution in [0.15, 0.2) is 30.7 Å². The Balaban J connectivity index is 1.95. The third-order valence-corrected chi connectivity index (χ3v) is 3.97. The van der Waals surface area contributed by atoms with Crippen molar-refractivity contribution in [3.63, 3.8) is 0 Å². The quantitative estimate of drug-likeness (QED) is 0.922. The number of anilines is 2. The summed E-state index contributed by atoms with van der Waals surface area (Å²) in [7, 11) is 0. The van der Waals surface area contributed by atoms with Crippen molar-refractivity contribution in [2.45, 2.75) is 18.8 Å². The minimum Gasteiger partial charge on any atom is -0.351 e. The summed E-state index contributed by atoms with van der Waals surface area (Å²) >= 11 is 1.53. The van der Waals surface area contributed by atoms with Gasteiger partial charge in [0.05, 0.1) is 5.69 Å². The first-order valence-electron chi connectivity index (χ1n) is 5.71. The highest BCUT2D eigenvalue weighted by Crippen LogP contribution is 2.44. The summed E-state index contributed by atoms with van der Waals surface area (Å²) in [5.74, 6) is 0.628. The van der Waals surface area contributed by atoms with Crippen LogP contribution in [0.2, 0.25) is 0 Å². The van der Waals surface area contributed by atoms with Crippen LogP contribution in [0.25, 0.3) is 0 Å². The molecule has 18 heavy (non-hydrogen) atoms. The van der Waals surface area contributed by atoms with Crippen molar-refractivity contribution < 1.29 is 4.79 Å². The lowest BCUT2D eigenvalue weighted by Crippen LogP contribution is -2.31. The van der Waals surface area contributed by atoms with Crippen molar-refractivity contribution in [1.29, 1.82) is 0 Å². The van der Waals surface area contributed by atoms with Gasteiger partial charge < -0.3 is 5.73 Å². The zero-order valence-electron chi connectivity index (χ0n) is 9.61. The molecule has 2 N–H and O–H groups in total. The minimum atomic E-state index is -0.530. The molecule has 0 aromatic carbocycles. The van der Waals surface area contributed by atoms with Crippen molar-refractivity contribution in [3.8, 4) is 0 Å². The molecule has 1 saturated carbocycles. The van der Waals surface area contributed by atoms with Gasteiger partial charge in [-0.2, -0.15) is 0 Å².